The maximum atomic E-state index is 9.82. The molecule has 18 rings (SSSR count). The molecule has 0 saturated heterocycles. The molecule has 0 aliphatic heterocycles. The Balaban J connectivity index is 0.000000113. The minimum Gasteiger partial charge on any atom is -0.393 e. The molecule has 0 amide bonds. The van der Waals surface area contributed by atoms with Gasteiger partial charge in [-0.1, -0.05) is 123 Å². The number of hydrogen-bond acceptors (Lipinski definition) is 8. The molecule has 8 nitrogen and oxygen atoms in total. The number of aliphatic hydroxyl groups excluding tert-OH is 8. The number of hydrogen-bond donors (Lipinski definition) is 8. The van der Waals surface area contributed by atoms with Crippen LogP contribution in [0.5, 0.6) is 0 Å². The first-order valence-electron chi connectivity index (χ1n) is 35.7. The van der Waals surface area contributed by atoms with Crippen molar-refractivity contribution in [2.24, 2.45) is 139 Å². The van der Waals surface area contributed by atoms with Crippen molar-refractivity contribution in [3.05, 3.63) is 0 Å². The predicted molar refractivity (Wildman–Crippen MR) is 334 cm³/mol. The van der Waals surface area contributed by atoms with Crippen LogP contribution in [0.2, 0.25) is 0 Å². The minimum absolute atomic E-state index is 0.00116. The van der Waals surface area contributed by atoms with Crippen LogP contribution in [0.25, 0.3) is 0 Å². The summed E-state index contributed by atoms with van der Waals surface area (Å²) in [5.74, 6) is 13.9. The summed E-state index contributed by atoms with van der Waals surface area (Å²) in [5, 5.41) is 76.4. The minimum atomic E-state index is -0.0313. The molecule has 18 aliphatic rings. The van der Waals surface area contributed by atoms with Gasteiger partial charge < -0.3 is 40.9 Å². The third kappa shape index (κ3) is 13.9. The first kappa shape index (κ1) is 66.1. The Morgan fingerprint density at radius 3 is 1.33 bits per heavy atom. The van der Waals surface area contributed by atoms with Crippen molar-refractivity contribution in [2.75, 3.05) is 0 Å². The fourth-order valence-corrected chi connectivity index (χ4v) is 22.2. The molecule has 0 radical (unpaired) electrons. The summed E-state index contributed by atoms with van der Waals surface area (Å²) in [6.45, 7) is 32.1. The summed E-state index contributed by atoms with van der Waals surface area (Å²) in [7, 11) is 0. The Morgan fingerprint density at radius 1 is 0.317 bits per heavy atom. The molecule has 0 spiro atoms. The highest BCUT2D eigenvalue weighted by molar-refractivity contribution is 5.13. The normalized spacial score (nSPS) is 51.4. The molecule has 8 bridgehead atoms. The lowest BCUT2D eigenvalue weighted by Gasteiger charge is -2.58. The van der Waals surface area contributed by atoms with E-state index in [0.29, 0.717) is 62.6 Å². The number of fused-ring (bicyclic) bond motifs is 13. The van der Waals surface area contributed by atoms with E-state index in [1.165, 1.54) is 122 Å². The summed E-state index contributed by atoms with van der Waals surface area (Å²) >= 11 is 0. The zero-order valence-corrected chi connectivity index (χ0v) is 55.4. The monoisotopic (exact) mass is 1150 g/mol. The van der Waals surface area contributed by atoms with E-state index < -0.39 is 0 Å². The summed E-state index contributed by atoms with van der Waals surface area (Å²) in [6.07, 6.45) is 35.2. The van der Waals surface area contributed by atoms with Gasteiger partial charge in [0.2, 0.25) is 0 Å². The Kier molecular flexibility index (Phi) is 20.6. The van der Waals surface area contributed by atoms with Gasteiger partial charge in [-0.25, -0.2) is 0 Å². The summed E-state index contributed by atoms with van der Waals surface area (Å²) in [5.41, 5.74) is 2.60. The molecule has 24 atom stereocenters. The quantitative estimate of drug-likeness (QED) is 0.119. The first-order valence-corrected chi connectivity index (χ1v) is 35.7. The Hall–Kier alpha value is -0.320. The topological polar surface area (TPSA) is 162 Å². The van der Waals surface area contributed by atoms with E-state index in [2.05, 4.69) is 96.9 Å². The Labute approximate surface area is 503 Å². The van der Waals surface area contributed by atoms with Gasteiger partial charge in [0.1, 0.15) is 0 Å². The van der Waals surface area contributed by atoms with Crippen LogP contribution < -0.4 is 0 Å². The lowest BCUT2D eigenvalue weighted by Crippen LogP contribution is -2.51. The molecule has 24 unspecified atom stereocenters. The van der Waals surface area contributed by atoms with Gasteiger partial charge in [0, 0.05) is 0 Å². The van der Waals surface area contributed by atoms with Crippen molar-refractivity contribution in [1.82, 2.24) is 0 Å². The number of rotatable bonds is 0. The third-order valence-electron chi connectivity index (χ3n) is 29.7. The van der Waals surface area contributed by atoms with Gasteiger partial charge in [0.15, 0.2) is 0 Å². The Bertz CT molecular complexity index is 2000. The second kappa shape index (κ2) is 25.5. The second-order valence-electron chi connectivity index (χ2n) is 35.9. The Morgan fingerprint density at radius 2 is 0.890 bits per heavy atom. The van der Waals surface area contributed by atoms with E-state index in [-0.39, 0.29) is 54.2 Å². The van der Waals surface area contributed by atoms with Crippen LogP contribution in [-0.2, 0) is 0 Å². The molecule has 0 aromatic rings. The maximum absolute atomic E-state index is 9.82. The molecular formula is C74H132O8. The lowest BCUT2D eigenvalue weighted by atomic mass is 9.48. The van der Waals surface area contributed by atoms with Crippen LogP contribution >= 0.6 is 0 Å². The van der Waals surface area contributed by atoms with Gasteiger partial charge >= 0.3 is 0 Å². The number of aliphatic hydroxyl groups is 8. The highest BCUT2D eigenvalue weighted by atomic mass is 16.3. The van der Waals surface area contributed by atoms with Gasteiger partial charge in [-0.2, -0.15) is 0 Å². The fraction of sp³-hybridized carbons (Fsp3) is 1.00. The summed E-state index contributed by atoms with van der Waals surface area (Å²) < 4.78 is 0. The zero-order valence-electron chi connectivity index (χ0n) is 55.4. The maximum Gasteiger partial charge on any atom is 0.0601 e. The molecule has 8 heteroatoms. The fourth-order valence-electron chi connectivity index (χ4n) is 22.2. The molecule has 0 heterocycles. The van der Waals surface area contributed by atoms with Gasteiger partial charge in [0.05, 0.1) is 48.8 Å². The summed E-state index contributed by atoms with van der Waals surface area (Å²) in [6, 6.07) is 0. The average molecular weight is 1150 g/mol. The van der Waals surface area contributed by atoms with E-state index in [0.717, 1.165) is 129 Å². The molecule has 18 saturated carbocycles. The molecule has 0 aromatic heterocycles. The molecule has 18 fully saturated rings. The van der Waals surface area contributed by atoms with Crippen molar-refractivity contribution >= 4 is 0 Å². The molecule has 0 aromatic carbocycles. The van der Waals surface area contributed by atoms with E-state index in [1.807, 2.05) is 0 Å². The van der Waals surface area contributed by atoms with Crippen LogP contribution in [0.1, 0.15) is 277 Å². The van der Waals surface area contributed by atoms with Gasteiger partial charge in [-0.3, -0.25) is 0 Å². The molecule has 18 aliphatic carbocycles. The molecule has 82 heavy (non-hydrogen) atoms. The van der Waals surface area contributed by atoms with Gasteiger partial charge in [-0.05, 0) is 293 Å². The van der Waals surface area contributed by atoms with E-state index in [9.17, 15) is 40.9 Å². The highest BCUT2D eigenvalue weighted by Gasteiger charge is 2.65. The molecule has 476 valence electrons. The smallest absolute Gasteiger partial charge is 0.0601 e. The van der Waals surface area contributed by atoms with Gasteiger partial charge in [0.25, 0.3) is 0 Å². The van der Waals surface area contributed by atoms with Crippen molar-refractivity contribution in [3.63, 3.8) is 0 Å². The molecule has 8 N–H and O–H groups in total. The van der Waals surface area contributed by atoms with Crippen molar-refractivity contribution in [1.29, 1.82) is 0 Å². The predicted octanol–water partition coefficient (Wildman–Crippen LogP) is 15.2. The van der Waals surface area contributed by atoms with E-state index in [1.54, 1.807) is 0 Å². The van der Waals surface area contributed by atoms with Crippen LogP contribution in [0.4, 0.5) is 0 Å². The van der Waals surface area contributed by atoms with E-state index >= 15 is 0 Å². The van der Waals surface area contributed by atoms with Crippen LogP contribution in [0, 0.1) is 139 Å². The van der Waals surface area contributed by atoms with Gasteiger partial charge in [-0.15, -0.1) is 0 Å². The third-order valence-corrected chi connectivity index (χ3v) is 29.7. The largest absolute Gasteiger partial charge is 0.393 e. The zero-order chi connectivity index (χ0) is 59.8. The molecular weight excluding hydrogens is 1020 g/mol. The van der Waals surface area contributed by atoms with Crippen molar-refractivity contribution < 1.29 is 40.9 Å². The van der Waals surface area contributed by atoms with E-state index in [4.69, 9.17) is 0 Å². The van der Waals surface area contributed by atoms with Crippen LogP contribution in [0.3, 0.4) is 0 Å². The van der Waals surface area contributed by atoms with Crippen molar-refractivity contribution in [2.45, 2.75) is 326 Å². The summed E-state index contributed by atoms with van der Waals surface area (Å²) in [4.78, 5) is 0. The highest BCUT2D eigenvalue weighted by Crippen LogP contribution is 2.68. The lowest BCUT2D eigenvalue weighted by molar-refractivity contribution is -0.115. The standard InChI is InChI=1S/5C10H18O.C9H16O.C8H14O.C7H12O/c1-6-4-7-8(5-9(6)11)10(7,2)3;1-6-4-7-9(8(11)5-6)10(7,2)3;1-9(2)7-4-5-10(9,3)8(11)6-7;1-6-4-5-7-8(9(6)11)10(7,2)3;11-10-6-5-8-3-1-2-4-9(8)7-10;1-9(2)6-3-7(9)5-8(10)4-6;9-8-5-6-1-3-7(8)4-2-6;8-7-4-5-1-2-6(7)3-5/h2*6-9,11H,4-5H2,1-3H3;7-8,11H,4-6H2,1-3H3;6-9,11H,4-5H2,1-3H3;8-11H,1-7H2;6-8,10H,3-5H2,1-2H3;6-9H,1-5H2;5-8H,1-4H2. The van der Waals surface area contributed by atoms with Crippen LogP contribution in [0.15, 0.2) is 0 Å². The second-order valence-corrected chi connectivity index (χ2v) is 35.9. The van der Waals surface area contributed by atoms with Crippen LogP contribution in [-0.4, -0.2) is 89.7 Å². The van der Waals surface area contributed by atoms with Crippen molar-refractivity contribution in [3.8, 4) is 0 Å². The average Bonchev–Trinajstić information content (AvgIpc) is 2.12. The SMILES string of the molecule is CC1(C)C2CC(O)CC1C2.CC1(C)C2CCC1(C)C(O)C2.CC1CC(O)C2C(C1)C2(C)C.CC1CC2C(CC1O)C2(C)C.CC1CCC2C(C1O)C2(C)C.OC1CC2CCC1C2.OC1CC2CCC1CC2.OC1CCC2CCCCC2C1. The first-order chi connectivity index (χ1) is 38.3.